The predicted octanol–water partition coefficient (Wildman–Crippen LogP) is 6.15. The fraction of sp³-hybridized carbons (Fsp3) is 0.333. The van der Waals surface area contributed by atoms with Gasteiger partial charge in [0.2, 0.25) is 0 Å². The Labute approximate surface area is 121 Å². The zero-order valence-corrected chi connectivity index (χ0v) is 12.7. The van der Waals surface area contributed by atoms with Crippen LogP contribution in [0, 0.1) is 5.41 Å². The van der Waals surface area contributed by atoms with E-state index in [1.54, 1.807) is 12.1 Å². The summed E-state index contributed by atoms with van der Waals surface area (Å²) in [7, 11) is 0. The molecule has 0 atom stereocenters. The number of ether oxygens (including phenoxy) is 1. The van der Waals surface area contributed by atoms with Gasteiger partial charge in [0, 0.05) is 16.0 Å². The quantitative estimate of drug-likeness (QED) is 0.595. The molecule has 0 spiro atoms. The van der Waals surface area contributed by atoms with E-state index >= 15 is 0 Å². The third kappa shape index (κ3) is 3.96. The summed E-state index contributed by atoms with van der Waals surface area (Å²) in [6.07, 6.45) is 0. The number of hydrogen-bond donors (Lipinski definition) is 0. The van der Waals surface area contributed by atoms with E-state index in [1.807, 2.05) is 20.8 Å². The second-order valence-corrected chi connectivity index (χ2v) is 5.99. The molecule has 0 aliphatic rings. The highest BCUT2D eigenvalue weighted by molar-refractivity contribution is 6.40. The molecule has 0 heterocycles. The maximum Gasteiger partial charge on any atom is 0.164 e. The fourth-order valence-corrected chi connectivity index (χ4v) is 2.34. The van der Waals surface area contributed by atoms with E-state index in [9.17, 15) is 0 Å². The lowest BCUT2D eigenvalue weighted by Crippen LogP contribution is -2.14. The van der Waals surface area contributed by atoms with Crippen molar-refractivity contribution in [2.24, 2.45) is 5.41 Å². The van der Waals surface area contributed by atoms with Crippen LogP contribution in [-0.2, 0) is 0 Å². The molecule has 0 radical (unpaired) electrons. The standard InChI is InChI=1S/C12H12Cl4O/c1-12(2,3)10(6-13)17-11-8(15)4-7(14)5-9(11)16/h4-6H,1-3H3. The summed E-state index contributed by atoms with van der Waals surface area (Å²) < 4.78 is 5.65. The van der Waals surface area contributed by atoms with Gasteiger partial charge < -0.3 is 4.74 Å². The Hall–Kier alpha value is -0.0800. The molecule has 0 unspecified atom stereocenters. The van der Waals surface area contributed by atoms with Crippen LogP contribution in [0.1, 0.15) is 20.8 Å². The van der Waals surface area contributed by atoms with E-state index in [2.05, 4.69) is 0 Å². The van der Waals surface area contributed by atoms with Crippen LogP contribution in [0.25, 0.3) is 0 Å². The van der Waals surface area contributed by atoms with E-state index in [4.69, 9.17) is 51.1 Å². The van der Waals surface area contributed by atoms with E-state index < -0.39 is 0 Å². The fourth-order valence-electron chi connectivity index (χ4n) is 1.08. The predicted molar refractivity (Wildman–Crippen MR) is 75.5 cm³/mol. The van der Waals surface area contributed by atoms with E-state index in [0.717, 1.165) is 0 Å². The molecule has 5 heteroatoms. The summed E-state index contributed by atoms with van der Waals surface area (Å²) in [6.45, 7) is 5.91. The van der Waals surface area contributed by atoms with Crippen molar-refractivity contribution < 1.29 is 4.74 Å². The van der Waals surface area contributed by atoms with Crippen LogP contribution in [0.2, 0.25) is 15.1 Å². The number of halogens is 4. The molecule has 0 fully saturated rings. The molecule has 1 nitrogen and oxygen atoms in total. The molecular formula is C12H12Cl4O. The molecule has 0 N–H and O–H groups in total. The van der Waals surface area contributed by atoms with Gasteiger partial charge in [-0.15, -0.1) is 0 Å². The van der Waals surface area contributed by atoms with Crippen LogP contribution in [0.4, 0.5) is 0 Å². The molecule has 0 aliphatic carbocycles. The smallest absolute Gasteiger partial charge is 0.164 e. The van der Waals surface area contributed by atoms with Gasteiger partial charge in [-0.3, -0.25) is 0 Å². The highest BCUT2D eigenvalue weighted by atomic mass is 35.5. The minimum Gasteiger partial charge on any atom is -0.457 e. The van der Waals surface area contributed by atoms with Gasteiger partial charge >= 0.3 is 0 Å². The SMILES string of the molecule is CC(C)(C)C(=CCl)Oc1c(Cl)cc(Cl)cc1Cl. The van der Waals surface area contributed by atoms with Crippen molar-refractivity contribution in [3.8, 4) is 5.75 Å². The first-order valence-corrected chi connectivity index (χ1v) is 6.46. The average molecular weight is 314 g/mol. The van der Waals surface area contributed by atoms with Crippen molar-refractivity contribution in [1.82, 2.24) is 0 Å². The van der Waals surface area contributed by atoms with Crippen LogP contribution in [0.3, 0.4) is 0 Å². The van der Waals surface area contributed by atoms with Crippen LogP contribution >= 0.6 is 46.4 Å². The summed E-state index contributed by atoms with van der Waals surface area (Å²) >= 11 is 23.6. The molecule has 0 bridgehead atoms. The van der Waals surface area contributed by atoms with Crippen molar-refractivity contribution in [2.75, 3.05) is 0 Å². The number of allylic oxidation sites excluding steroid dienone is 1. The van der Waals surface area contributed by atoms with Crippen molar-refractivity contribution in [1.29, 1.82) is 0 Å². The highest BCUT2D eigenvalue weighted by Crippen LogP contribution is 2.39. The molecular weight excluding hydrogens is 302 g/mol. The molecule has 0 amide bonds. The summed E-state index contributed by atoms with van der Waals surface area (Å²) in [5, 5.41) is 1.16. The lowest BCUT2D eigenvalue weighted by molar-refractivity contribution is 0.295. The van der Waals surface area contributed by atoms with Crippen molar-refractivity contribution in [3.05, 3.63) is 38.5 Å². The first-order valence-electron chi connectivity index (χ1n) is 4.89. The maximum atomic E-state index is 6.02. The summed E-state index contributed by atoms with van der Waals surface area (Å²) in [4.78, 5) is 0. The second kappa shape index (κ2) is 5.71. The zero-order chi connectivity index (χ0) is 13.2. The zero-order valence-electron chi connectivity index (χ0n) is 9.65. The molecule has 1 aromatic carbocycles. The summed E-state index contributed by atoms with van der Waals surface area (Å²) in [5.41, 5.74) is 1.13. The lowest BCUT2D eigenvalue weighted by atomic mass is 9.95. The Morgan fingerprint density at radius 1 is 1.12 bits per heavy atom. The number of hydrogen-bond acceptors (Lipinski definition) is 1. The van der Waals surface area contributed by atoms with Crippen LogP contribution < -0.4 is 4.74 Å². The molecule has 94 valence electrons. The van der Waals surface area contributed by atoms with Gasteiger partial charge in [-0.05, 0) is 12.1 Å². The van der Waals surface area contributed by atoms with Crippen molar-refractivity contribution >= 4 is 46.4 Å². The van der Waals surface area contributed by atoms with Gasteiger partial charge in [0.05, 0.1) is 10.0 Å². The molecule has 0 aliphatic heterocycles. The minimum atomic E-state index is -0.242. The Bertz CT molecular complexity index is 423. The summed E-state index contributed by atoms with van der Waals surface area (Å²) in [5.74, 6) is 0.935. The number of rotatable bonds is 2. The van der Waals surface area contributed by atoms with Gasteiger partial charge in [0.25, 0.3) is 0 Å². The lowest BCUT2D eigenvalue weighted by Gasteiger charge is -2.23. The monoisotopic (exact) mass is 312 g/mol. The molecule has 1 aromatic rings. The topological polar surface area (TPSA) is 9.23 Å². The van der Waals surface area contributed by atoms with Gasteiger partial charge in [0.15, 0.2) is 5.75 Å². The largest absolute Gasteiger partial charge is 0.457 e. The second-order valence-electron chi connectivity index (χ2n) is 4.52. The Balaban J connectivity index is 3.12. The van der Waals surface area contributed by atoms with Crippen molar-refractivity contribution in [2.45, 2.75) is 20.8 Å². The first kappa shape index (κ1) is 15.0. The normalized spacial score (nSPS) is 12.8. The van der Waals surface area contributed by atoms with Gasteiger partial charge in [0.1, 0.15) is 5.76 Å². The van der Waals surface area contributed by atoms with E-state index in [-0.39, 0.29) is 5.41 Å². The number of benzene rings is 1. The Morgan fingerprint density at radius 3 is 1.94 bits per heavy atom. The molecule has 0 aromatic heterocycles. The molecule has 1 rings (SSSR count). The third-order valence-corrected chi connectivity index (χ3v) is 2.99. The van der Waals surface area contributed by atoms with Crippen molar-refractivity contribution in [3.63, 3.8) is 0 Å². The van der Waals surface area contributed by atoms with Gasteiger partial charge in [-0.1, -0.05) is 67.2 Å². The molecule has 0 saturated heterocycles. The Kier molecular flexibility index (Phi) is 5.03. The minimum absolute atomic E-state index is 0.242. The Morgan fingerprint density at radius 2 is 1.59 bits per heavy atom. The average Bonchev–Trinajstić information content (AvgIpc) is 2.14. The summed E-state index contributed by atoms with van der Waals surface area (Å²) in [6, 6.07) is 3.14. The van der Waals surface area contributed by atoms with Crippen LogP contribution in [0.5, 0.6) is 5.75 Å². The van der Waals surface area contributed by atoms with E-state index in [1.165, 1.54) is 5.54 Å². The molecule has 17 heavy (non-hydrogen) atoms. The van der Waals surface area contributed by atoms with Gasteiger partial charge in [-0.25, -0.2) is 0 Å². The van der Waals surface area contributed by atoms with E-state index in [0.29, 0.717) is 26.6 Å². The first-order chi connectivity index (χ1) is 7.75. The highest BCUT2D eigenvalue weighted by Gasteiger charge is 2.21. The molecule has 0 saturated carbocycles. The van der Waals surface area contributed by atoms with Crippen LogP contribution in [0.15, 0.2) is 23.4 Å². The maximum absolute atomic E-state index is 6.02. The third-order valence-electron chi connectivity index (χ3n) is 2.01. The van der Waals surface area contributed by atoms with Gasteiger partial charge in [-0.2, -0.15) is 0 Å². The van der Waals surface area contributed by atoms with Crippen LogP contribution in [-0.4, -0.2) is 0 Å².